The van der Waals surface area contributed by atoms with Gasteiger partial charge in [0.2, 0.25) is 0 Å². The van der Waals surface area contributed by atoms with Crippen LogP contribution in [0.5, 0.6) is 11.5 Å². The Morgan fingerprint density at radius 2 is 1.68 bits per heavy atom. The molecule has 0 saturated heterocycles. The molecule has 4 aromatic rings. The number of hydrogen-bond donors (Lipinski definition) is 1. The van der Waals surface area contributed by atoms with Crippen molar-refractivity contribution < 1.29 is 41.7 Å². The summed E-state index contributed by atoms with van der Waals surface area (Å²) < 4.78 is 64.0. The lowest BCUT2D eigenvalue weighted by Crippen LogP contribution is -2.23. The number of carbonyl (C=O) groups is 2. The van der Waals surface area contributed by atoms with Gasteiger partial charge in [0.25, 0.3) is 0 Å². The lowest BCUT2D eigenvalue weighted by atomic mass is 10.0. The molecule has 0 radical (unpaired) electrons. The molecule has 0 spiro atoms. The summed E-state index contributed by atoms with van der Waals surface area (Å²) >= 11 is 5.92. The summed E-state index contributed by atoms with van der Waals surface area (Å²) in [4.78, 5) is 24.7. The van der Waals surface area contributed by atoms with Gasteiger partial charge in [0.05, 0.1) is 16.8 Å². The summed E-state index contributed by atoms with van der Waals surface area (Å²) in [5, 5.41) is 9.82. The van der Waals surface area contributed by atoms with Crippen molar-refractivity contribution in [2.75, 3.05) is 0 Å². The van der Waals surface area contributed by atoms with E-state index in [1.54, 1.807) is 6.92 Å². The third-order valence-electron chi connectivity index (χ3n) is 5.52. The summed E-state index contributed by atoms with van der Waals surface area (Å²) in [5.41, 5.74) is 0.956. The Hall–Kier alpha value is -4.05. The Balaban J connectivity index is 1.95. The first-order valence-corrected chi connectivity index (χ1v) is 11.1. The number of aromatic nitrogens is 1. The van der Waals surface area contributed by atoms with Gasteiger partial charge in [0, 0.05) is 39.9 Å². The predicted molar refractivity (Wildman–Crippen MR) is 127 cm³/mol. The van der Waals surface area contributed by atoms with Gasteiger partial charge in [-0.15, -0.1) is 13.2 Å². The number of ether oxygens (including phenoxy) is 2. The van der Waals surface area contributed by atoms with E-state index < -0.39 is 35.8 Å². The normalized spacial score (nSPS) is 12.4. The first-order chi connectivity index (χ1) is 17.3. The van der Waals surface area contributed by atoms with Crippen LogP contribution < -0.4 is 9.47 Å². The lowest BCUT2D eigenvalue weighted by Gasteiger charge is -2.15. The maximum atomic E-state index is 14.6. The fourth-order valence-corrected chi connectivity index (χ4v) is 4.08. The van der Waals surface area contributed by atoms with Gasteiger partial charge in [-0.25, -0.2) is 9.18 Å². The monoisotopic (exact) mass is 535 g/mol. The van der Waals surface area contributed by atoms with Gasteiger partial charge < -0.3 is 19.1 Å². The minimum Gasteiger partial charge on any atom is -0.479 e. The number of carboxylic acids is 1. The number of carbonyl (C=O) groups excluding carboxylic acids is 1. The van der Waals surface area contributed by atoms with Crippen LogP contribution in [0.1, 0.15) is 28.5 Å². The van der Waals surface area contributed by atoms with Gasteiger partial charge in [0.1, 0.15) is 17.3 Å². The van der Waals surface area contributed by atoms with Crippen molar-refractivity contribution >= 4 is 34.3 Å². The van der Waals surface area contributed by atoms with Gasteiger partial charge in [-0.2, -0.15) is 0 Å². The third kappa shape index (κ3) is 5.54. The van der Waals surface area contributed by atoms with Crippen LogP contribution in [0.25, 0.3) is 16.6 Å². The smallest absolute Gasteiger partial charge is 0.479 e. The number of ketones is 1. The molecule has 0 unspecified atom stereocenters. The standard InChI is InChI=1S/C26H18ClF4NO5/c1-13-23(24(33)15-3-5-16(27)6-4-15)21-8-7-19(37-26(29,30)31)12-22(21)32(13)18-9-17(28)10-20(11-18)36-14(2)25(34)35/h3-12,14H,1-2H3,(H,34,35)/t14-/m0/s1. The highest BCUT2D eigenvalue weighted by molar-refractivity contribution is 6.30. The third-order valence-corrected chi connectivity index (χ3v) is 5.77. The summed E-state index contributed by atoms with van der Waals surface area (Å²) in [6, 6.07) is 12.9. The molecule has 0 saturated carbocycles. The molecule has 1 N–H and O–H groups in total. The van der Waals surface area contributed by atoms with Gasteiger partial charge in [0.15, 0.2) is 11.9 Å². The van der Waals surface area contributed by atoms with E-state index in [0.29, 0.717) is 10.7 Å². The summed E-state index contributed by atoms with van der Waals surface area (Å²) in [5.74, 6) is -3.18. The molecule has 3 aromatic carbocycles. The highest BCUT2D eigenvalue weighted by Gasteiger charge is 2.32. The minimum absolute atomic E-state index is 0.0920. The molecule has 1 heterocycles. The first kappa shape index (κ1) is 26.0. The van der Waals surface area contributed by atoms with Crippen LogP contribution in [0.3, 0.4) is 0 Å². The topological polar surface area (TPSA) is 77.8 Å². The molecule has 0 aliphatic carbocycles. The Labute approximate surface area is 212 Å². The number of hydrogen-bond acceptors (Lipinski definition) is 4. The minimum atomic E-state index is -4.96. The number of alkyl halides is 3. The molecule has 6 nitrogen and oxygen atoms in total. The molecule has 11 heteroatoms. The van der Waals surface area contributed by atoms with Gasteiger partial charge in [-0.1, -0.05) is 11.6 Å². The van der Waals surface area contributed by atoms with Gasteiger partial charge in [-0.05, 0) is 56.3 Å². The largest absolute Gasteiger partial charge is 0.573 e. The van der Waals surface area contributed by atoms with Gasteiger partial charge in [-0.3, -0.25) is 4.79 Å². The molecule has 0 aliphatic heterocycles. The second kappa shape index (κ2) is 9.78. The zero-order valence-corrected chi connectivity index (χ0v) is 20.0. The Morgan fingerprint density at radius 3 is 2.30 bits per heavy atom. The average molecular weight is 536 g/mol. The van der Waals surface area contributed by atoms with Crippen molar-refractivity contribution in [2.24, 2.45) is 0 Å². The Bertz CT molecular complexity index is 1510. The van der Waals surface area contributed by atoms with Gasteiger partial charge >= 0.3 is 12.3 Å². The van der Waals surface area contributed by atoms with Crippen LogP contribution in [0.4, 0.5) is 17.6 Å². The van der Waals surface area contributed by atoms with Crippen molar-refractivity contribution in [2.45, 2.75) is 26.3 Å². The number of nitrogens with zero attached hydrogens (tertiary/aromatic N) is 1. The average Bonchev–Trinajstić information content (AvgIpc) is 3.08. The molecule has 0 amide bonds. The highest BCUT2D eigenvalue weighted by Crippen LogP contribution is 2.36. The maximum Gasteiger partial charge on any atom is 0.573 e. The van der Waals surface area contributed by atoms with Crippen LogP contribution in [0.2, 0.25) is 5.02 Å². The zero-order chi connectivity index (χ0) is 27.1. The van der Waals surface area contributed by atoms with E-state index >= 15 is 0 Å². The quantitative estimate of drug-likeness (QED) is 0.210. The molecular weight excluding hydrogens is 518 g/mol. The van der Waals surface area contributed by atoms with E-state index in [-0.39, 0.29) is 33.5 Å². The fraction of sp³-hybridized carbons (Fsp3) is 0.154. The van der Waals surface area contributed by atoms with Crippen molar-refractivity contribution in [1.29, 1.82) is 0 Å². The molecule has 0 aliphatic rings. The fourth-order valence-electron chi connectivity index (χ4n) is 3.96. The van der Waals surface area contributed by atoms with E-state index in [1.165, 1.54) is 47.9 Å². The molecular formula is C26H18ClF4NO5. The summed E-state index contributed by atoms with van der Waals surface area (Å²) in [7, 11) is 0. The predicted octanol–water partition coefficient (Wildman–Crippen LogP) is 6.71. The Kier molecular flexibility index (Phi) is 6.88. The number of benzene rings is 3. The number of carboxylic acid groups (broad SMARTS) is 1. The van der Waals surface area contributed by atoms with Crippen molar-refractivity contribution in [3.05, 3.63) is 88.3 Å². The Morgan fingerprint density at radius 1 is 1.00 bits per heavy atom. The number of rotatable bonds is 7. The second-order valence-electron chi connectivity index (χ2n) is 8.10. The summed E-state index contributed by atoms with van der Waals surface area (Å²) in [6.07, 6.45) is -6.26. The molecule has 37 heavy (non-hydrogen) atoms. The molecule has 192 valence electrons. The van der Waals surface area contributed by atoms with Crippen molar-refractivity contribution in [3.63, 3.8) is 0 Å². The van der Waals surface area contributed by atoms with Crippen LogP contribution in [-0.4, -0.2) is 33.9 Å². The molecule has 1 aromatic heterocycles. The molecule has 0 fully saturated rings. The SMILES string of the molecule is Cc1c(C(=O)c2ccc(Cl)cc2)c2ccc(OC(F)(F)F)cc2n1-c1cc(F)cc(O[C@@H](C)C(=O)O)c1. The first-order valence-electron chi connectivity index (χ1n) is 10.8. The van der Waals surface area contributed by atoms with Crippen LogP contribution >= 0.6 is 11.6 Å². The molecule has 4 rings (SSSR count). The van der Waals surface area contributed by atoms with Crippen LogP contribution in [0.15, 0.2) is 60.7 Å². The number of aliphatic carboxylic acids is 1. The zero-order valence-electron chi connectivity index (χ0n) is 19.3. The van der Waals surface area contributed by atoms with Crippen LogP contribution in [-0.2, 0) is 4.79 Å². The van der Waals surface area contributed by atoms with Crippen molar-refractivity contribution in [3.8, 4) is 17.2 Å². The highest BCUT2D eigenvalue weighted by atomic mass is 35.5. The summed E-state index contributed by atoms with van der Waals surface area (Å²) in [6.45, 7) is 2.81. The van der Waals surface area contributed by atoms with E-state index in [9.17, 15) is 27.2 Å². The second-order valence-corrected chi connectivity index (χ2v) is 8.54. The molecule has 0 bridgehead atoms. The van der Waals surface area contributed by atoms with Crippen molar-refractivity contribution in [1.82, 2.24) is 4.57 Å². The number of fused-ring (bicyclic) bond motifs is 1. The molecule has 1 atom stereocenters. The maximum absolute atomic E-state index is 14.6. The number of halogens is 5. The van der Waals surface area contributed by atoms with E-state index in [2.05, 4.69) is 4.74 Å². The lowest BCUT2D eigenvalue weighted by molar-refractivity contribution is -0.274. The van der Waals surface area contributed by atoms with E-state index in [0.717, 1.165) is 24.3 Å². The van der Waals surface area contributed by atoms with Crippen LogP contribution in [0, 0.1) is 12.7 Å². The van der Waals surface area contributed by atoms with E-state index in [4.69, 9.17) is 21.4 Å². The van der Waals surface area contributed by atoms with E-state index in [1.807, 2.05) is 0 Å².